The van der Waals surface area contributed by atoms with Crippen molar-refractivity contribution in [2.45, 2.75) is 26.2 Å². The van der Waals surface area contributed by atoms with Crippen LogP contribution in [0.3, 0.4) is 0 Å². The average molecular weight is 356 g/mol. The van der Waals surface area contributed by atoms with Crippen LogP contribution in [0.1, 0.15) is 29.5 Å². The Morgan fingerprint density at radius 1 is 1.23 bits per heavy atom. The smallest absolute Gasteiger partial charge is 0.240 e. The van der Waals surface area contributed by atoms with E-state index < -0.39 is 0 Å². The summed E-state index contributed by atoms with van der Waals surface area (Å²) in [6, 6.07) is 11.0. The normalized spacial score (nSPS) is 10.7. The van der Waals surface area contributed by atoms with Crippen molar-refractivity contribution in [2.75, 3.05) is 14.2 Å². The van der Waals surface area contributed by atoms with Gasteiger partial charge >= 0.3 is 0 Å². The Hall–Kier alpha value is -3.02. The number of carbonyl (C=O) groups excluding carboxylic acids is 1. The number of nitrogens with zero attached hydrogens (tertiary/aromatic N) is 1. The van der Waals surface area contributed by atoms with Gasteiger partial charge in [0.2, 0.25) is 5.91 Å². The number of benzene rings is 2. The molecule has 0 aromatic heterocycles. The standard InChI is InChI=1S/C20H24N2O4/c1-14-12-17(25-2)11-10-15(14)6-5-9-19(23)22-21-13-16-7-4-8-18(26-3)20(16)24/h4,7-8,10-13,24H,5-6,9H2,1-3H3,(H,22,23)/b21-13+. The number of nitrogens with one attached hydrogen (secondary N) is 1. The molecule has 0 fully saturated rings. The first-order valence-corrected chi connectivity index (χ1v) is 8.36. The van der Waals surface area contributed by atoms with Crippen molar-refractivity contribution in [3.8, 4) is 17.2 Å². The zero-order valence-corrected chi connectivity index (χ0v) is 15.3. The van der Waals surface area contributed by atoms with Gasteiger partial charge in [-0.25, -0.2) is 5.43 Å². The minimum Gasteiger partial charge on any atom is -0.504 e. The summed E-state index contributed by atoms with van der Waals surface area (Å²) in [5.74, 6) is 1.01. The molecule has 138 valence electrons. The molecule has 0 heterocycles. The van der Waals surface area contributed by atoms with Crippen LogP contribution < -0.4 is 14.9 Å². The second-order valence-corrected chi connectivity index (χ2v) is 5.84. The Bertz CT molecular complexity index is 787. The molecule has 2 rings (SSSR count). The topological polar surface area (TPSA) is 80.2 Å². The molecular weight excluding hydrogens is 332 g/mol. The van der Waals surface area contributed by atoms with Crippen LogP contribution in [0.5, 0.6) is 17.2 Å². The lowest BCUT2D eigenvalue weighted by molar-refractivity contribution is -0.121. The van der Waals surface area contributed by atoms with Gasteiger partial charge in [0.15, 0.2) is 11.5 Å². The molecule has 0 unspecified atom stereocenters. The van der Waals surface area contributed by atoms with Gasteiger partial charge in [0, 0.05) is 12.0 Å². The molecule has 26 heavy (non-hydrogen) atoms. The average Bonchev–Trinajstić information content (AvgIpc) is 2.64. The highest BCUT2D eigenvalue weighted by molar-refractivity contribution is 5.86. The monoisotopic (exact) mass is 356 g/mol. The van der Waals surface area contributed by atoms with Crippen molar-refractivity contribution in [3.63, 3.8) is 0 Å². The van der Waals surface area contributed by atoms with Crippen LogP contribution >= 0.6 is 0 Å². The summed E-state index contributed by atoms with van der Waals surface area (Å²) in [6.45, 7) is 2.03. The molecule has 1 amide bonds. The van der Waals surface area contributed by atoms with E-state index in [4.69, 9.17) is 9.47 Å². The molecule has 2 N–H and O–H groups in total. The van der Waals surface area contributed by atoms with Crippen molar-refractivity contribution in [1.29, 1.82) is 0 Å². The SMILES string of the molecule is COc1ccc(CCCC(=O)N/N=C/c2cccc(OC)c2O)c(C)c1. The summed E-state index contributed by atoms with van der Waals surface area (Å²) in [7, 11) is 3.12. The number of aromatic hydroxyl groups is 1. The third kappa shape index (κ3) is 5.24. The van der Waals surface area contributed by atoms with Crippen molar-refractivity contribution < 1.29 is 19.4 Å². The van der Waals surface area contributed by atoms with Crippen molar-refractivity contribution in [1.82, 2.24) is 5.43 Å². The van der Waals surface area contributed by atoms with Crippen molar-refractivity contribution in [2.24, 2.45) is 5.10 Å². The Labute approximate surface area is 153 Å². The third-order valence-corrected chi connectivity index (χ3v) is 4.04. The minimum absolute atomic E-state index is 0.0111. The molecule has 0 saturated heterocycles. The minimum atomic E-state index is -0.171. The van der Waals surface area contributed by atoms with E-state index in [0.29, 0.717) is 17.7 Å². The molecule has 0 atom stereocenters. The number of phenolic OH excluding ortho intramolecular Hbond substituents is 1. The highest BCUT2D eigenvalue weighted by Crippen LogP contribution is 2.27. The zero-order chi connectivity index (χ0) is 18.9. The summed E-state index contributed by atoms with van der Waals surface area (Å²) in [5.41, 5.74) is 5.29. The number of hydrogen-bond donors (Lipinski definition) is 2. The fourth-order valence-corrected chi connectivity index (χ4v) is 2.55. The third-order valence-electron chi connectivity index (χ3n) is 4.04. The number of methoxy groups -OCH3 is 2. The zero-order valence-electron chi connectivity index (χ0n) is 15.3. The van der Waals surface area contributed by atoms with Gasteiger partial charge < -0.3 is 14.6 Å². The molecule has 0 radical (unpaired) electrons. The molecule has 0 spiro atoms. The van der Waals surface area contributed by atoms with E-state index >= 15 is 0 Å². The lowest BCUT2D eigenvalue weighted by atomic mass is 10.0. The van der Waals surface area contributed by atoms with E-state index in [0.717, 1.165) is 24.2 Å². The predicted molar refractivity (Wildman–Crippen MR) is 101 cm³/mol. The Morgan fingerprint density at radius 2 is 2.04 bits per heavy atom. The number of rotatable bonds is 8. The molecular formula is C20H24N2O4. The number of para-hydroxylation sites is 1. The molecule has 6 nitrogen and oxygen atoms in total. The maximum Gasteiger partial charge on any atom is 0.240 e. The van der Waals surface area contributed by atoms with Crippen LogP contribution in [0.4, 0.5) is 0 Å². The first kappa shape index (κ1) is 19.3. The van der Waals surface area contributed by atoms with Crippen LogP contribution in [-0.2, 0) is 11.2 Å². The fraction of sp³-hybridized carbons (Fsp3) is 0.300. The molecule has 0 aliphatic heterocycles. The number of hydrogen-bond acceptors (Lipinski definition) is 5. The maximum absolute atomic E-state index is 11.9. The van der Waals surface area contributed by atoms with E-state index in [2.05, 4.69) is 10.5 Å². The highest BCUT2D eigenvalue weighted by atomic mass is 16.5. The van der Waals surface area contributed by atoms with Gasteiger partial charge in [-0.3, -0.25) is 4.79 Å². The number of aryl methyl sites for hydroxylation is 2. The first-order chi connectivity index (χ1) is 12.5. The van der Waals surface area contributed by atoms with Gasteiger partial charge in [-0.15, -0.1) is 0 Å². The van der Waals surface area contributed by atoms with Crippen LogP contribution in [0.15, 0.2) is 41.5 Å². The summed E-state index contributed by atoms with van der Waals surface area (Å²) in [6.07, 6.45) is 3.29. The Kier molecular flexibility index (Phi) is 7.02. The summed E-state index contributed by atoms with van der Waals surface area (Å²) < 4.78 is 10.2. The second kappa shape index (κ2) is 9.46. The van der Waals surface area contributed by atoms with Gasteiger partial charge in [-0.05, 0) is 55.2 Å². The lowest BCUT2D eigenvalue weighted by Gasteiger charge is -2.08. The molecule has 0 saturated carbocycles. The van der Waals surface area contributed by atoms with E-state index in [1.807, 2.05) is 25.1 Å². The van der Waals surface area contributed by atoms with Gasteiger partial charge in [-0.1, -0.05) is 12.1 Å². The van der Waals surface area contributed by atoms with Crippen molar-refractivity contribution >= 4 is 12.1 Å². The summed E-state index contributed by atoms with van der Waals surface area (Å²) in [5, 5.41) is 13.8. The molecule has 0 aliphatic rings. The summed E-state index contributed by atoms with van der Waals surface area (Å²) in [4.78, 5) is 11.9. The van der Waals surface area contributed by atoms with Crippen LogP contribution in [0.25, 0.3) is 0 Å². The van der Waals surface area contributed by atoms with Crippen LogP contribution in [-0.4, -0.2) is 31.4 Å². The van der Waals surface area contributed by atoms with E-state index in [-0.39, 0.29) is 11.7 Å². The Morgan fingerprint density at radius 3 is 2.73 bits per heavy atom. The number of phenols is 1. The predicted octanol–water partition coefficient (Wildman–Crippen LogP) is 3.19. The largest absolute Gasteiger partial charge is 0.504 e. The highest BCUT2D eigenvalue weighted by Gasteiger charge is 2.06. The van der Waals surface area contributed by atoms with E-state index in [1.165, 1.54) is 18.9 Å². The van der Waals surface area contributed by atoms with Gasteiger partial charge in [0.25, 0.3) is 0 Å². The molecule has 6 heteroatoms. The number of ether oxygens (including phenoxy) is 2. The Balaban J connectivity index is 1.81. The van der Waals surface area contributed by atoms with Gasteiger partial charge in [0.05, 0.1) is 20.4 Å². The molecule has 2 aromatic carbocycles. The molecule has 0 aliphatic carbocycles. The van der Waals surface area contributed by atoms with Crippen LogP contribution in [0, 0.1) is 6.92 Å². The first-order valence-electron chi connectivity index (χ1n) is 8.36. The molecule has 2 aromatic rings. The van der Waals surface area contributed by atoms with Crippen molar-refractivity contribution in [3.05, 3.63) is 53.1 Å². The van der Waals surface area contributed by atoms with Crippen LogP contribution in [0.2, 0.25) is 0 Å². The number of carbonyl (C=O) groups is 1. The van der Waals surface area contributed by atoms with E-state index in [9.17, 15) is 9.90 Å². The van der Waals surface area contributed by atoms with Gasteiger partial charge in [-0.2, -0.15) is 5.10 Å². The fourth-order valence-electron chi connectivity index (χ4n) is 2.55. The van der Waals surface area contributed by atoms with E-state index in [1.54, 1.807) is 25.3 Å². The maximum atomic E-state index is 11.9. The number of amides is 1. The van der Waals surface area contributed by atoms with Gasteiger partial charge in [0.1, 0.15) is 5.75 Å². The summed E-state index contributed by atoms with van der Waals surface area (Å²) >= 11 is 0. The number of hydrazone groups is 1. The second-order valence-electron chi connectivity index (χ2n) is 5.84. The lowest BCUT2D eigenvalue weighted by Crippen LogP contribution is -2.17. The molecule has 0 bridgehead atoms. The quantitative estimate of drug-likeness (QED) is 0.562.